The lowest BCUT2D eigenvalue weighted by molar-refractivity contribution is 0.554. The molecule has 0 aliphatic heterocycles. The molecule has 1 aromatic rings. The normalized spacial score (nSPS) is 20.6. The summed E-state index contributed by atoms with van der Waals surface area (Å²) in [7, 11) is -3.37. The Labute approximate surface area is 108 Å². The topological polar surface area (TPSA) is 57.9 Å². The minimum absolute atomic E-state index is 0.0419. The molecule has 0 bridgehead atoms. The van der Waals surface area contributed by atoms with Crippen LogP contribution in [0, 0.1) is 17.2 Å². The van der Waals surface area contributed by atoms with Crippen LogP contribution in [0.2, 0.25) is 0 Å². The van der Waals surface area contributed by atoms with E-state index in [1.807, 2.05) is 6.92 Å². The molecule has 1 aliphatic carbocycles. The van der Waals surface area contributed by atoms with Crippen molar-refractivity contribution in [2.45, 2.75) is 31.1 Å². The fraction of sp³-hybridized carbons (Fsp3) is 0.357. The Bertz CT molecular complexity index is 609. The molecule has 4 heteroatoms. The first kappa shape index (κ1) is 12.8. The monoisotopic (exact) mass is 261 g/mol. The van der Waals surface area contributed by atoms with Gasteiger partial charge in [0.1, 0.15) is 0 Å². The molecule has 1 atom stereocenters. The summed E-state index contributed by atoms with van der Waals surface area (Å²) in [6.07, 6.45) is 1.68. The molecule has 0 saturated heterocycles. The molecule has 0 N–H and O–H groups in total. The van der Waals surface area contributed by atoms with Crippen molar-refractivity contribution in [3.8, 4) is 6.07 Å². The molecule has 1 aliphatic rings. The van der Waals surface area contributed by atoms with Gasteiger partial charge in [-0.2, -0.15) is 5.26 Å². The highest BCUT2D eigenvalue weighted by molar-refractivity contribution is 7.95. The number of rotatable bonds is 2. The fourth-order valence-corrected chi connectivity index (χ4v) is 4.05. The van der Waals surface area contributed by atoms with Crippen LogP contribution in [0.1, 0.15) is 26.2 Å². The predicted molar refractivity (Wildman–Crippen MR) is 69.3 cm³/mol. The summed E-state index contributed by atoms with van der Waals surface area (Å²) < 4.78 is 24.9. The second-order valence-electron chi connectivity index (χ2n) is 4.59. The van der Waals surface area contributed by atoms with Crippen molar-refractivity contribution in [2.75, 3.05) is 0 Å². The van der Waals surface area contributed by atoms with Crippen molar-refractivity contribution in [1.29, 1.82) is 5.26 Å². The van der Waals surface area contributed by atoms with E-state index in [9.17, 15) is 8.42 Å². The molecule has 0 amide bonds. The van der Waals surface area contributed by atoms with Crippen LogP contribution < -0.4 is 0 Å². The first-order valence-corrected chi connectivity index (χ1v) is 7.42. The van der Waals surface area contributed by atoms with Gasteiger partial charge >= 0.3 is 0 Å². The summed E-state index contributed by atoms with van der Waals surface area (Å²) in [5.41, 5.74) is 0.830. The van der Waals surface area contributed by atoms with Crippen LogP contribution in [0.15, 0.2) is 45.7 Å². The zero-order valence-electron chi connectivity index (χ0n) is 10.3. The lowest BCUT2D eigenvalue weighted by atomic mass is 9.91. The third kappa shape index (κ3) is 2.32. The van der Waals surface area contributed by atoms with Gasteiger partial charge in [0.15, 0.2) is 0 Å². The minimum Gasteiger partial charge on any atom is -0.219 e. The van der Waals surface area contributed by atoms with Crippen molar-refractivity contribution in [2.24, 2.45) is 5.92 Å². The second-order valence-corrected chi connectivity index (χ2v) is 6.56. The second kappa shape index (κ2) is 4.95. The molecule has 94 valence electrons. The summed E-state index contributed by atoms with van der Waals surface area (Å²) in [6.45, 7) is 1.82. The average Bonchev–Trinajstić information content (AvgIpc) is 2.39. The first-order chi connectivity index (χ1) is 8.55. The Morgan fingerprint density at radius 2 is 1.94 bits per heavy atom. The van der Waals surface area contributed by atoms with Crippen LogP contribution >= 0.6 is 0 Å². The largest absolute Gasteiger partial charge is 0.219 e. The molecule has 1 aromatic carbocycles. The van der Waals surface area contributed by atoms with Gasteiger partial charge in [0, 0.05) is 4.91 Å². The molecule has 1 unspecified atom stereocenters. The number of hydrogen-bond acceptors (Lipinski definition) is 3. The zero-order chi connectivity index (χ0) is 13.2. The number of benzene rings is 1. The van der Waals surface area contributed by atoms with Gasteiger partial charge in [0.05, 0.1) is 16.9 Å². The standard InChI is InChI=1S/C14H15NO2S/c1-11-9-12(10-15)7-8-14(11)18(16,17)13-5-3-2-4-6-13/h2-6,12H,7-9H2,1H3. The smallest absolute Gasteiger partial charge is 0.202 e. The number of hydrogen-bond donors (Lipinski definition) is 0. The maximum atomic E-state index is 12.5. The average molecular weight is 261 g/mol. The van der Waals surface area contributed by atoms with E-state index in [4.69, 9.17) is 5.26 Å². The van der Waals surface area contributed by atoms with Gasteiger partial charge in [0.25, 0.3) is 0 Å². The van der Waals surface area contributed by atoms with Crippen LogP contribution in [0.5, 0.6) is 0 Å². The SMILES string of the molecule is CC1=C(S(=O)(=O)c2ccccc2)CCC(C#N)C1. The Hall–Kier alpha value is -1.60. The Balaban J connectivity index is 2.41. The maximum Gasteiger partial charge on any atom is 0.202 e. The number of sulfone groups is 1. The molecule has 0 fully saturated rings. The number of nitrogens with zero attached hydrogens (tertiary/aromatic N) is 1. The van der Waals surface area contributed by atoms with E-state index in [0.717, 1.165) is 5.57 Å². The van der Waals surface area contributed by atoms with Crippen LogP contribution in [-0.2, 0) is 9.84 Å². The molecule has 3 nitrogen and oxygen atoms in total. The molecule has 0 aromatic heterocycles. The first-order valence-electron chi connectivity index (χ1n) is 5.94. The van der Waals surface area contributed by atoms with Crippen molar-refractivity contribution >= 4 is 9.84 Å². The zero-order valence-corrected chi connectivity index (χ0v) is 11.1. The van der Waals surface area contributed by atoms with E-state index in [1.54, 1.807) is 30.3 Å². The van der Waals surface area contributed by atoms with E-state index >= 15 is 0 Å². The molecule has 0 saturated carbocycles. The fourth-order valence-electron chi connectivity index (χ4n) is 2.32. The summed E-state index contributed by atoms with van der Waals surface area (Å²) in [5.74, 6) is -0.0419. The lowest BCUT2D eigenvalue weighted by Gasteiger charge is -2.21. The molecular weight excluding hydrogens is 246 g/mol. The Morgan fingerprint density at radius 1 is 1.28 bits per heavy atom. The quantitative estimate of drug-likeness (QED) is 0.822. The molecular formula is C14H15NO2S. The highest BCUT2D eigenvalue weighted by atomic mass is 32.2. The summed E-state index contributed by atoms with van der Waals surface area (Å²) in [4.78, 5) is 0.843. The third-order valence-corrected chi connectivity index (χ3v) is 5.40. The maximum absolute atomic E-state index is 12.5. The van der Waals surface area contributed by atoms with Crippen molar-refractivity contribution < 1.29 is 8.42 Å². The van der Waals surface area contributed by atoms with Gasteiger partial charge in [-0.3, -0.25) is 0 Å². The highest BCUT2D eigenvalue weighted by Crippen LogP contribution is 2.34. The molecule has 0 heterocycles. The van der Waals surface area contributed by atoms with E-state index in [1.165, 1.54) is 0 Å². The molecule has 18 heavy (non-hydrogen) atoms. The molecule has 0 radical (unpaired) electrons. The van der Waals surface area contributed by atoms with E-state index in [2.05, 4.69) is 6.07 Å². The van der Waals surface area contributed by atoms with E-state index in [0.29, 0.717) is 29.1 Å². The minimum atomic E-state index is -3.37. The van der Waals surface area contributed by atoms with Crippen molar-refractivity contribution in [3.05, 3.63) is 40.8 Å². The van der Waals surface area contributed by atoms with Crippen LogP contribution in [0.4, 0.5) is 0 Å². The van der Waals surface area contributed by atoms with Crippen molar-refractivity contribution in [1.82, 2.24) is 0 Å². The third-order valence-electron chi connectivity index (χ3n) is 3.31. The van der Waals surface area contributed by atoms with Gasteiger partial charge in [-0.25, -0.2) is 8.42 Å². The van der Waals surface area contributed by atoms with E-state index in [-0.39, 0.29) is 5.92 Å². The van der Waals surface area contributed by atoms with Gasteiger partial charge < -0.3 is 0 Å². The summed E-state index contributed by atoms with van der Waals surface area (Å²) in [5, 5.41) is 8.89. The highest BCUT2D eigenvalue weighted by Gasteiger charge is 2.27. The lowest BCUT2D eigenvalue weighted by Crippen LogP contribution is -2.14. The van der Waals surface area contributed by atoms with Gasteiger partial charge in [-0.1, -0.05) is 23.8 Å². The van der Waals surface area contributed by atoms with Crippen LogP contribution in [-0.4, -0.2) is 8.42 Å². The van der Waals surface area contributed by atoms with Gasteiger partial charge in [-0.05, 0) is 38.3 Å². The summed E-state index contributed by atoms with van der Waals surface area (Å²) in [6, 6.07) is 10.7. The predicted octanol–water partition coefficient (Wildman–Crippen LogP) is 3.06. The number of allylic oxidation sites excluding steroid dienone is 2. The number of nitriles is 1. The van der Waals surface area contributed by atoms with Crippen LogP contribution in [0.3, 0.4) is 0 Å². The summed E-state index contributed by atoms with van der Waals surface area (Å²) >= 11 is 0. The Kier molecular flexibility index (Phi) is 3.53. The van der Waals surface area contributed by atoms with Crippen molar-refractivity contribution in [3.63, 3.8) is 0 Å². The van der Waals surface area contributed by atoms with Crippen LogP contribution in [0.25, 0.3) is 0 Å². The molecule has 2 rings (SSSR count). The van der Waals surface area contributed by atoms with Gasteiger partial charge in [-0.15, -0.1) is 0 Å². The van der Waals surface area contributed by atoms with E-state index < -0.39 is 9.84 Å². The van der Waals surface area contributed by atoms with Gasteiger partial charge in [0.2, 0.25) is 9.84 Å². The molecule has 0 spiro atoms. The Morgan fingerprint density at radius 3 is 2.50 bits per heavy atom.